The van der Waals surface area contributed by atoms with Crippen molar-refractivity contribution in [3.63, 3.8) is 0 Å². The molecule has 2 aromatic rings. The topological polar surface area (TPSA) is 38.9 Å². The Bertz CT molecular complexity index is 597. The van der Waals surface area contributed by atoms with E-state index in [1.54, 1.807) is 0 Å². The molecule has 0 saturated heterocycles. The van der Waals surface area contributed by atoms with Crippen molar-refractivity contribution in [2.24, 2.45) is 5.73 Å². The Labute approximate surface area is 113 Å². The number of halogens is 1. The van der Waals surface area contributed by atoms with Crippen molar-refractivity contribution in [2.45, 2.75) is 39.7 Å². The van der Waals surface area contributed by atoms with Crippen molar-refractivity contribution in [2.75, 3.05) is 0 Å². The van der Waals surface area contributed by atoms with Crippen molar-refractivity contribution in [1.29, 1.82) is 0 Å². The van der Waals surface area contributed by atoms with Crippen LogP contribution in [0.15, 0.2) is 18.2 Å². The number of pyridine rings is 1. The lowest BCUT2D eigenvalue weighted by atomic mass is 9.93. The van der Waals surface area contributed by atoms with Gasteiger partial charge in [0, 0.05) is 21.6 Å². The molecule has 96 valence electrons. The Morgan fingerprint density at radius 3 is 2.56 bits per heavy atom. The van der Waals surface area contributed by atoms with E-state index in [0.29, 0.717) is 0 Å². The first-order valence-corrected chi connectivity index (χ1v) is 6.50. The third-order valence-electron chi connectivity index (χ3n) is 3.03. The predicted molar refractivity (Wildman–Crippen MR) is 78.2 cm³/mol. The van der Waals surface area contributed by atoms with E-state index in [4.69, 9.17) is 17.3 Å². The van der Waals surface area contributed by atoms with Gasteiger partial charge in [-0.1, -0.05) is 17.7 Å². The van der Waals surface area contributed by atoms with E-state index in [9.17, 15) is 0 Å². The summed E-state index contributed by atoms with van der Waals surface area (Å²) in [6.07, 6.45) is 0.827. The summed E-state index contributed by atoms with van der Waals surface area (Å²) in [5, 5.41) is 1.92. The van der Waals surface area contributed by atoms with Gasteiger partial charge < -0.3 is 5.73 Å². The van der Waals surface area contributed by atoms with E-state index in [1.807, 2.05) is 39.8 Å². The van der Waals surface area contributed by atoms with Crippen LogP contribution >= 0.6 is 11.6 Å². The first-order valence-electron chi connectivity index (χ1n) is 6.12. The summed E-state index contributed by atoms with van der Waals surface area (Å²) in [5.74, 6) is 0. The Balaban J connectivity index is 2.71. The van der Waals surface area contributed by atoms with Crippen LogP contribution in [0.4, 0.5) is 0 Å². The molecule has 0 saturated carbocycles. The molecule has 2 N–H and O–H groups in total. The van der Waals surface area contributed by atoms with Gasteiger partial charge in [-0.05, 0) is 57.4 Å². The zero-order valence-electron chi connectivity index (χ0n) is 11.3. The van der Waals surface area contributed by atoms with E-state index >= 15 is 0 Å². The number of nitrogens with two attached hydrogens (primary N) is 1. The first-order chi connectivity index (χ1) is 8.28. The van der Waals surface area contributed by atoms with Crippen LogP contribution in [0.5, 0.6) is 0 Å². The fourth-order valence-corrected chi connectivity index (χ4v) is 2.41. The maximum Gasteiger partial charge on any atom is 0.0751 e. The van der Waals surface area contributed by atoms with Crippen molar-refractivity contribution in [1.82, 2.24) is 4.98 Å². The molecule has 0 amide bonds. The second-order valence-electron chi connectivity index (χ2n) is 5.66. The van der Waals surface area contributed by atoms with Gasteiger partial charge in [-0.3, -0.25) is 4.98 Å². The van der Waals surface area contributed by atoms with Crippen LogP contribution in [0.25, 0.3) is 10.9 Å². The van der Waals surface area contributed by atoms with Gasteiger partial charge in [0.2, 0.25) is 0 Å². The molecule has 1 heterocycles. The number of aryl methyl sites for hydroxylation is 2. The Morgan fingerprint density at radius 2 is 1.94 bits per heavy atom. The van der Waals surface area contributed by atoms with E-state index in [-0.39, 0.29) is 5.54 Å². The lowest BCUT2D eigenvalue weighted by Gasteiger charge is -2.20. The van der Waals surface area contributed by atoms with E-state index in [0.717, 1.165) is 33.6 Å². The minimum Gasteiger partial charge on any atom is -0.325 e. The highest BCUT2D eigenvalue weighted by atomic mass is 35.5. The van der Waals surface area contributed by atoms with Gasteiger partial charge in [-0.15, -0.1) is 0 Å². The molecule has 3 heteroatoms. The molecule has 0 bridgehead atoms. The third kappa shape index (κ3) is 2.65. The van der Waals surface area contributed by atoms with Gasteiger partial charge in [0.15, 0.2) is 0 Å². The molecule has 0 atom stereocenters. The maximum atomic E-state index is 6.16. The molecule has 2 rings (SSSR count). The Morgan fingerprint density at radius 1 is 1.28 bits per heavy atom. The highest BCUT2D eigenvalue weighted by molar-refractivity contribution is 6.32. The fourth-order valence-electron chi connectivity index (χ4n) is 2.25. The molecular weight excluding hydrogens is 244 g/mol. The van der Waals surface area contributed by atoms with E-state index in [2.05, 4.69) is 11.1 Å². The standard InChI is InChI=1S/C15H19ClN2/c1-9-7-11(8-15(3,4)17)12-5-6-13(16)10(2)14(12)18-9/h5-7H,8,17H2,1-4H3. The van der Waals surface area contributed by atoms with Gasteiger partial charge in [0.1, 0.15) is 0 Å². The van der Waals surface area contributed by atoms with E-state index < -0.39 is 0 Å². The molecule has 0 fully saturated rings. The zero-order chi connectivity index (χ0) is 13.5. The SMILES string of the molecule is Cc1cc(CC(C)(C)N)c2ccc(Cl)c(C)c2n1. The van der Waals surface area contributed by atoms with Gasteiger partial charge in [-0.25, -0.2) is 0 Å². The smallest absolute Gasteiger partial charge is 0.0751 e. The minimum absolute atomic E-state index is 0.228. The summed E-state index contributed by atoms with van der Waals surface area (Å²) in [5.41, 5.74) is 10.2. The van der Waals surface area contributed by atoms with Crippen LogP contribution in [0.2, 0.25) is 5.02 Å². The molecule has 0 unspecified atom stereocenters. The lowest BCUT2D eigenvalue weighted by Crippen LogP contribution is -2.34. The molecule has 2 nitrogen and oxygen atoms in total. The summed E-state index contributed by atoms with van der Waals surface area (Å²) in [7, 11) is 0. The van der Waals surface area contributed by atoms with Gasteiger partial charge in [-0.2, -0.15) is 0 Å². The van der Waals surface area contributed by atoms with E-state index in [1.165, 1.54) is 5.56 Å². The summed E-state index contributed by atoms with van der Waals surface area (Å²) in [6, 6.07) is 6.09. The molecule has 0 aliphatic carbocycles. The average molecular weight is 263 g/mol. The van der Waals surface area contributed by atoms with Crippen LogP contribution < -0.4 is 5.73 Å². The molecule has 0 aliphatic heterocycles. The zero-order valence-corrected chi connectivity index (χ0v) is 12.1. The number of hydrogen-bond acceptors (Lipinski definition) is 2. The van der Waals surface area contributed by atoms with Crippen molar-refractivity contribution < 1.29 is 0 Å². The number of hydrogen-bond donors (Lipinski definition) is 1. The molecule has 0 radical (unpaired) electrons. The van der Waals surface area contributed by atoms with Crippen LogP contribution in [0.1, 0.15) is 30.7 Å². The normalized spacial score (nSPS) is 12.1. The monoisotopic (exact) mass is 262 g/mol. The number of nitrogens with zero attached hydrogens (tertiary/aromatic N) is 1. The Kier molecular flexibility index (Phi) is 3.35. The summed E-state index contributed by atoms with van der Waals surface area (Å²) < 4.78 is 0. The molecule has 0 aliphatic rings. The Hall–Kier alpha value is -1.12. The number of aromatic nitrogens is 1. The predicted octanol–water partition coefficient (Wildman–Crippen LogP) is 3.78. The maximum absolute atomic E-state index is 6.16. The lowest BCUT2D eigenvalue weighted by molar-refractivity contribution is 0.518. The number of rotatable bonds is 2. The van der Waals surface area contributed by atoms with Gasteiger partial charge >= 0.3 is 0 Å². The van der Waals surface area contributed by atoms with Crippen molar-refractivity contribution >= 4 is 22.5 Å². The molecule has 1 aromatic heterocycles. The molecule has 0 spiro atoms. The second-order valence-corrected chi connectivity index (χ2v) is 6.06. The first kappa shape index (κ1) is 13.3. The summed E-state index contributed by atoms with van der Waals surface area (Å²) in [4.78, 5) is 4.60. The highest BCUT2D eigenvalue weighted by Gasteiger charge is 2.16. The summed E-state index contributed by atoms with van der Waals surface area (Å²) >= 11 is 6.16. The van der Waals surface area contributed by atoms with Crippen molar-refractivity contribution in [3.8, 4) is 0 Å². The second kappa shape index (κ2) is 4.52. The van der Waals surface area contributed by atoms with Crippen LogP contribution in [-0.4, -0.2) is 10.5 Å². The quantitative estimate of drug-likeness (QED) is 0.894. The highest BCUT2D eigenvalue weighted by Crippen LogP contribution is 2.28. The molecule has 1 aromatic carbocycles. The molecular formula is C15H19ClN2. The summed E-state index contributed by atoms with van der Waals surface area (Å²) in [6.45, 7) is 8.09. The number of fused-ring (bicyclic) bond motifs is 1. The van der Waals surface area contributed by atoms with Gasteiger partial charge in [0.05, 0.1) is 5.52 Å². The molecule has 18 heavy (non-hydrogen) atoms. The third-order valence-corrected chi connectivity index (χ3v) is 3.44. The van der Waals surface area contributed by atoms with Crippen LogP contribution in [-0.2, 0) is 6.42 Å². The van der Waals surface area contributed by atoms with Crippen LogP contribution in [0, 0.1) is 13.8 Å². The van der Waals surface area contributed by atoms with Crippen molar-refractivity contribution in [3.05, 3.63) is 40.0 Å². The largest absolute Gasteiger partial charge is 0.325 e. The average Bonchev–Trinajstić information content (AvgIpc) is 2.21. The number of benzene rings is 1. The van der Waals surface area contributed by atoms with Crippen LogP contribution in [0.3, 0.4) is 0 Å². The fraction of sp³-hybridized carbons (Fsp3) is 0.400. The minimum atomic E-state index is -0.228. The van der Waals surface area contributed by atoms with Gasteiger partial charge in [0.25, 0.3) is 0 Å².